The van der Waals surface area contributed by atoms with Crippen LogP contribution in [-0.2, 0) is 10.0 Å². The van der Waals surface area contributed by atoms with Crippen LogP contribution in [0, 0.1) is 17.8 Å². The summed E-state index contributed by atoms with van der Waals surface area (Å²) in [4.78, 5) is 15.8. The molecule has 9 heteroatoms. The lowest BCUT2D eigenvalue weighted by atomic mass is 9.68. The number of carbonyl (C=O) groups is 1. The van der Waals surface area contributed by atoms with Gasteiger partial charge in [0.1, 0.15) is 0 Å². The van der Waals surface area contributed by atoms with Gasteiger partial charge in [-0.1, -0.05) is 12.1 Å². The van der Waals surface area contributed by atoms with E-state index in [0.29, 0.717) is 22.9 Å². The summed E-state index contributed by atoms with van der Waals surface area (Å²) in [7, 11) is -3.73. The molecule has 7 nitrogen and oxygen atoms in total. The van der Waals surface area contributed by atoms with Crippen LogP contribution in [0.4, 0.5) is 10.8 Å². The fourth-order valence-corrected chi connectivity index (χ4v) is 8.10. The van der Waals surface area contributed by atoms with Gasteiger partial charge in [-0.25, -0.2) is 18.2 Å². The van der Waals surface area contributed by atoms with Crippen molar-refractivity contribution in [1.29, 1.82) is 0 Å². The minimum Gasteiger partial charge on any atom is -0.478 e. The molecule has 0 amide bonds. The predicted octanol–water partition coefficient (Wildman–Crippen LogP) is 4.94. The molecule has 0 unspecified atom stereocenters. The van der Waals surface area contributed by atoms with Crippen LogP contribution in [0.2, 0.25) is 0 Å². The summed E-state index contributed by atoms with van der Waals surface area (Å²) in [5, 5.41) is 15.2. The highest BCUT2D eigenvalue weighted by Crippen LogP contribution is 2.63. The Balaban J connectivity index is 1.41. The quantitative estimate of drug-likeness (QED) is 0.476. The number of sulfonamides is 1. The minimum atomic E-state index is -3.73. The third kappa shape index (κ3) is 3.41. The van der Waals surface area contributed by atoms with Crippen molar-refractivity contribution in [1.82, 2.24) is 4.98 Å². The van der Waals surface area contributed by atoms with Crippen molar-refractivity contribution in [3.8, 4) is 0 Å². The van der Waals surface area contributed by atoms with Gasteiger partial charge in [-0.15, -0.1) is 11.3 Å². The van der Waals surface area contributed by atoms with Gasteiger partial charge in [0.2, 0.25) is 0 Å². The maximum absolute atomic E-state index is 13.0. The number of nitrogens with one attached hydrogen (secondary N) is 2. The lowest BCUT2D eigenvalue weighted by molar-refractivity contribution is 0.0696. The Morgan fingerprint density at radius 2 is 2.00 bits per heavy atom. The Hall–Kier alpha value is -2.91. The number of benzene rings is 2. The average molecular weight is 482 g/mol. The second-order valence-corrected chi connectivity index (χ2v) is 11.8. The molecule has 170 valence electrons. The monoisotopic (exact) mass is 481 g/mol. The van der Waals surface area contributed by atoms with E-state index in [1.165, 1.54) is 17.8 Å². The highest BCUT2D eigenvalue weighted by molar-refractivity contribution is 7.93. The first-order chi connectivity index (χ1) is 15.9. The van der Waals surface area contributed by atoms with Crippen LogP contribution >= 0.6 is 11.3 Å². The van der Waals surface area contributed by atoms with Gasteiger partial charge in [-0.2, -0.15) is 0 Å². The standard InChI is InChI=1S/C24H23N3O4S2/c28-23(29)16-3-1-2-15(11-16)22-21-14-5-4-13(10-14)20(21)18-12-17(6-7-19(18)26-22)33(30,31)27-24-25-8-9-32-24/h1-3,6-9,11-14,20-22,26H,4-5,10H2,(H,25,27)(H,28,29)/t13-,14-,20+,21-,22-/m0/s1. The van der Waals surface area contributed by atoms with Gasteiger partial charge < -0.3 is 10.4 Å². The molecule has 6 rings (SSSR count). The summed E-state index contributed by atoms with van der Waals surface area (Å²) in [6.45, 7) is 0. The first-order valence-corrected chi connectivity index (χ1v) is 13.4. The maximum Gasteiger partial charge on any atom is 0.335 e. The van der Waals surface area contributed by atoms with E-state index in [1.54, 1.807) is 35.8 Å². The van der Waals surface area contributed by atoms with Crippen LogP contribution in [0.3, 0.4) is 0 Å². The Morgan fingerprint density at radius 1 is 1.15 bits per heavy atom. The third-order valence-electron chi connectivity index (χ3n) is 7.52. The number of carboxylic acids is 1. The first-order valence-electron chi connectivity index (χ1n) is 11.1. The molecule has 1 aliphatic heterocycles. The number of hydrogen-bond donors (Lipinski definition) is 3. The summed E-state index contributed by atoms with van der Waals surface area (Å²) in [6.07, 6.45) is 5.03. The number of rotatable bonds is 5. The second-order valence-electron chi connectivity index (χ2n) is 9.18. The van der Waals surface area contributed by atoms with Gasteiger partial charge in [0.25, 0.3) is 10.0 Å². The van der Waals surface area contributed by atoms with Crippen LogP contribution in [0.5, 0.6) is 0 Å². The minimum absolute atomic E-state index is 0.00741. The number of aromatic nitrogens is 1. The van der Waals surface area contributed by atoms with Crippen LogP contribution in [0.1, 0.15) is 52.7 Å². The van der Waals surface area contributed by atoms with Crippen LogP contribution in [0.15, 0.2) is 58.9 Å². The molecular formula is C24H23N3O4S2. The fourth-order valence-electron chi connectivity index (χ4n) is 6.27. The molecule has 1 aromatic heterocycles. The molecule has 5 atom stereocenters. The molecule has 2 aromatic carbocycles. The van der Waals surface area contributed by atoms with Crippen molar-refractivity contribution in [3.63, 3.8) is 0 Å². The fraction of sp³-hybridized carbons (Fsp3) is 0.333. The predicted molar refractivity (Wildman–Crippen MR) is 126 cm³/mol. The zero-order chi connectivity index (χ0) is 22.7. The smallest absolute Gasteiger partial charge is 0.335 e. The third-order valence-corrected chi connectivity index (χ3v) is 9.67. The number of anilines is 2. The summed E-state index contributed by atoms with van der Waals surface area (Å²) >= 11 is 1.24. The number of hydrogen-bond acceptors (Lipinski definition) is 6. The summed E-state index contributed by atoms with van der Waals surface area (Å²) in [5.74, 6) is 0.711. The van der Waals surface area contributed by atoms with Crippen molar-refractivity contribution in [2.45, 2.75) is 36.1 Å². The highest BCUT2D eigenvalue weighted by atomic mass is 32.2. The van der Waals surface area contributed by atoms with Crippen molar-refractivity contribution in [2.75, 3.05) is 10.0 Å². The molecule has 3 aromatic rings. The normalized spacial score (nSPS) is 27.5. The van der Waals surface area contributed by atoms with Gasteiger partial charge in [-0.3, -0.25) is 4.72 Å². The SMILES string of the molecule is O=C(O)c1cccc([C@@H]2Nc3ccc(S(=O)(=O)Nc4nccs4)cc3[C@H]3[C@H]4CC[C@@H](C4)[C@@H]32)c1. The molecule has 2 saturated carbocycles. The Labute approximate surface area is 195 Å². The van der Waals surface area contributed by atoms with E-state index in [0.717, 1.165) is 29.7 Å². The maximum atomic E-state index is 13.0. The molecule has 2 fully saturated rings. The van der Waals surface area contributed by atoms with Crippen molar-refractivity contribution in [3.05, 3.63) is 70.7 Å². The lowest BCUT2D eigenvalue weighted by Gasteiger charge is -2.43. The lowest BCUT2D eigenvalue weighted by Crippen LogP contribution is -2.35. The molecule has 3 N–H and O–H groups in total. The van der Waals surface area contributed by atoms with Crippen LogP contribution in [-0.4, -0.2) is 24.5 Å². The van der Waals surface area contributed by atoms with E-state index in [1.807, 2.05) is 18.2 Å². The van der Waals surface area contributed by atoms with Crippen molar-refractivity contribution >= 4 is 38.1 Å². The average Bonchev–Trinajstić information content (AvgIpc) is 3.56. The Bertz CT molecular complexity index is 1340. The largest absolute Gasteiger partial charge is 0.478 e. The van der Waals surface area contributed by atoms with Gasteiger partial charge in [0.05, 0.1) is 16.5 Å². The van der Waals surface area contributed by atoms with Crippen LogP contribution < -0.4 is 10.0 Å². The summed E-state index contributed by atoms with van der Waals surface area (Å²) in [5.41, 5.74) is 3.25. The second kappa shape index (κ2) is 7.56. The molecule has 0 radical (unpaired) electrons. The number of thiazole rings is 1. The first kappa shape index (κ1) is 20.7. The van der Waals surface area contributed by atoms with Gasteiger partial charge >= 0.3 is 5.97 Å². The molecule has 33 heavy (non-hydrogen) atoms. The van der Waals surface area contributed by atoms with E-state index in [-0.39, 0.29) is 22.4 Å². The Morgan fingerprint density at radius 3 is 2.79 bits per heavy atom. The summed E-state index contributed by atoms with van der Waals surface area (Å²) < 4.78 is 28.6. The molecular weight excluding hydrogens is 458 g/mol. The number of aromatic carboxylic acids is 1. The number of nitrogens with zero attached hydrogens (tertiary/aromatic N) is 1. The van der Waals surface area contributed by atoms with Crippen molar-refractivity contribution in [2.24, 2.45) is 17.8 Å². The zero-order valence-electron chi connectivity index (χ0n) is 17.6. The van der Waals surface area contributed by atoms with E-state index in [4.69, 9.17) is 0 Å². The van der Waals surface area contributed by atoms with E-state index in [2.05, 4.69) is 15.0 Å². The van der Waals surface area contributed by atoms with Crippen LogP contribution in [0.25, 0.3) is 0 Å². The number of carboxylic acid groups (broad SMARTS) is 1. The highest BCUT2D eigenvalue weighted by Gasteiger charge is 2.54. The summed E-state index contributed by atoms with van der Waals surface area (Å²) in [6, 6.07) is 12.5. The van der Waals surface area contributed by atoms with Gasteiger partial charge in [-0.05, 0) is 84.4 Å². The molecule has 2 aliphatic carbocycles. The topological polar surface area (TPSA) is 108 Å². The Kier molecular flexibility index (Phi) is 4.74. The van der Waals surface area contributed by atoms with Gasteiger partial charge in [0.15, 0.2) is 5.13 Å². The van der Waals surface area contributed by atoms with E-state index < -0.39 is 16.0 Å². The molecule has 2 heterocycles. The molecule has 2 bridgehead atoms. The van der Waals surface area contributed by atoms with Crippen molar-refractivity contribution < 1.29 is 18.3 Å². The van der Waals surface area contributed by atoms with E-state index in [9.17, 15) is 18.3 Å². The number of fused-ring (bicyclic) bond motifs is 7. The van der Waals surface area contributed by atoms with Gasteiger partial charge in [0, 0.05) is 17.3 Å². The zero-order valence-corrected chi connectivity index (χ0v) is 19.3. The van der Waals surface area contributed by atoms with E-state index >= 15 is 0 Å². The molecule has 0 saturated heterocycles. The molecule has 3 aliphatic rings. The molecule has 0 spiro atoms.